The number of ether oxygens (including phenoxy) is 2. The van der Waals surface area contributed by atoms with Gasteiger partial charge in [0.1, 0.15) is 5.82 Å². The van der Waals surface area contributed by atoms with Gasteiger partial charge in [-0.15, -0.1) is 0 Å². The molecular formula is C27H30N4O4. The molecule has 2 aliphatic heterocycles. The molecule has 1 atom stereocenters. The van der Waals surface area contributed by atoms with Crippen LogP contribution in [0.1, 0.15) is 22.3 Å². The summed E-state index contributed by atoms with van der Waals surface area (Å²) in [7, 11) is 0. The van der Waals surface area contributed by atoms with E-state index < -0.39 is 0 Å². The molecule has 0 radical (unpaired) electrons. The highest BCUT2D eigenvalue weighted by molar-refractivity contribution is 6.04. The molecular weight excluding hydrogens is 444 g/mol. The van der Waals surface area contributed by atoms with Crippen molar-refractivity contribution >= 4 is 17.4 Å². The van der Waals surface area contributed by atoms with Crippen LogP contribution in [0.3, 0.4) is 0 Å². The molecule has 1 amide bonds. The van der Waals surface area contributed by atoms with E-state index in [2.05, 4.69) is 32.2 Å². The predicted molar refractivity (Wildman–Crippen MR) is 134 cm³/mol. The Morgan fingerprint density at radius 1 is 1.00 bits per heavy atom. The zero-order valence-electron chi connectivity index (χ0n) is 19.6. The molecule has 1 unspecified atom stereocenters. The number of pyridine rings is 1. The third-order valence-electron chi connectivity index (χ3n) is 6.34. The zero-order chi connectivity index (χ0) is 24.0. The van der Waals surface area contributed by atoms with E-state index in [1.807, 2.05) is 30.3 Å². The molecule has 3 heterocycles. The minimum absolute atomic E-state index is 0.175. The normalized spacial score (nSPS) is 16.5. The van der Waals surface area contributed by atoms with E-state index in [0.29, 0.717) is 35.7 Å². The highest BCUT2D eigenvalue weighted by Crippen LogP contribution is 2.32. The van der Waals surface area contributed by atoms with Crippen LogP contribution in [0.4, 0.5) is 11.5 Å². The van der Waals surface area contributed by atoms with Gasteiger partial charge in [-0.25, -0.2) is 4.98 Å². The second-order valence-electron chi connectivity index (χ2n) is 8.91. The maximum Gasteiger partial charge on any atom is 0.255 e. The van der Waals surface area contributed by atoms with Gasteiger partial charge in [0.25, 0.3) is 5.91 Å². The molecule has 1 aromatic heterocycles. The van der Waals surface area contributed by atoms with Gasteiger partial charge in [0.15, 0.2) is 11.5 Å². The summed E-state index contributed by atoms with van der Waals surface area (Å²) in [5.74, 6) is 1.89. The number of aliphatic hydroxyl groups excluding tert-OH is 1. The average Bonchev–Trinajstić information content (AvgIpc) is 3.23. The summed E-state index contributed by atoms with van der Waals surface area (Å²) in [5.41, 5.74) is 2.30. The Balaban J connectivity index is 1.13. The fourth-order valence-corrected chi connectivity index (χ4v) is 4.52. The molecule has 0 spiro atoms. The van der Waals surface area contributed by atoms with Gasteiger partial charge >= 0.3 is 0 Å². The number of aromatic nitrogens is 1. The van der Waals surface area contributed by atoms with Crippen LogP contribution in [-0.2, 0) is 6.42 Å². The van der Waals surface area contributed by atoms with Gasteiger partial charge in [-0.05, 0) is 55.3 Å². The molecule has 0 bridgehead atoms. The Morgan fingerprint density at radius 2 is 1.86 bits per heavy atom. The monoisotopic (exact) mass is 474 g/mol. The lowest BCUT2D eigenvalue weighted by atomic mass is 10.1. The van der Waals surface area contributed by atoms with Crippen LogP contribution < -0.4 is 19.7 Å². The second-order valence-corrected chi connectivity index (χ2v) is 8.91. The summed E-state index contributed by atoms with van der Waals surface area (Å²) in [4.78, 5) is 21.8. The molecule has 1 saturated heterocycles. The number of nitrogens with one attached hydrogen (secondary N) is 1. The minimum Gasteiger partial charge on any atom is -0.454 e. The lowest BCUT2D eigenvalue weighted by molar-refractivity contribution is 0.102. The van der Waals surface area contributed by atoms with Gasteiger partial charge in [-0.1, -0.05) is 30.3 Å². The van der Waals surface area contributed by atoms with E-state index in [-0.39, 0.29) is 18.8 Å². The number of carbonyl (C=O) groups excluding carboxylic acids is 1. The Hall–Kier alpha value is -3.62. The predicted octanol–water partition coefficient (Wildman–Crippen LogP) is 3.18. The van der Waals surface area contributed by atoms with E-state index in [9.17, 15) is 9.90 Å². The molecule has 182 valence electrons. The average molecular weight is 475 g/mol. The van der Waals surface area contributed by atoms with Crippen LogP contribution in [0, 0.1) is 0 Å². The largest absolute Gasteiger partial charge is 0.454 e. The number of anilines is 2. The van der Waals surface area contributed by atoms with Crippen molar-refractivity contribution in [2.24, 2.45) is 0 Å². The van der Waals surface area contributed by atoms with Crippen molar-refractivity contribution < 1.29 is 19.4 Å². The zero-order valence-corrected chi connectivity index (χ0v) is 19.6. The standard InChI is InChI=1S/C27H30N4O4/c32-23(15-20-5-2-1-3-6-20)18-30-11-4-12-31(14-13-30)26-10-8-22(17-28-26)29-27(33)21-7-9-24-25(16-21)35-19-34-24/h1-3,5-10,16-17,23,32H,4,11-15,18-19H2,(H,29,33). The van der Waals surface area contributed by atoms with Gasteiger partial charge in [0, 0.05) is 31.7 Å². The number of β-amino-alcohol motifs (C(OH)–C–C–N with tert-alkyl or cyclic N) is 1. The lowest BCUT2D eigenvalue weighted by Crippen LogP contribution is -2.36. The van der Waals surface area contributed by atoms with E-state index in [4.69, 9.17) is 9.47 Å². The summed E-state index contributed by atoms with van der Waals surface area (Å²) >= 11 is 0. The number of rotatable bonds is 7. The Bertz CT molecular complexity index is 1140. The number of hydrogen-bond donors (Lipinski definition) is 2. The topological polar surface area (TPSA) is 87.2 Å². The van der Waals surface area contributed by atoms with Crippen molar-refractivity contribution in [3.05, 3.63) is 78.0 Å². The number of fused-ring (bicyclic) bond motifs is 1. The second kappa shape index (κ2) is 10.8. The maximum absolute atomic E-state index is 12.6. The first-order valence-corrected chi connectivity index (χ1v) is 12.0. The molecule has 2 N–H and O–H groups in total. The Morgan fingerprint density at radius 3 is 2.69 bits per heavy atom. The minimum atomic E-state index is -0.380. The van der Waals surface area contributed by atoms with Gasteiger partial charge in [0.05, 0.1) is 18.0 Å². The van der Waals surface area contributed by atoms with Crippen molar-refractivity contribution in [1.29, 1.82) is 0 Å². The molecule has 3 aromatic rings. The maximum atomic E-state index is 12.6. The highest BCUT2D eigenvalue weighted by atomic mass is 16.7. The molecule has 8 nitrogen and oxygen atoms in total. The molecule has 8 heteroatoms. The summed E-state index contributed by atoms with van der Waals surface area (Å²) in [6, 6.07) is 19.1. The first-order chi connectivity index (χ1) is 17.1. The smallest absolute Gasteiger partial charge is 0.255 e. The van der Waals surface area contributed by atoms with Crippen LogP contribution in [0.25, 0.3) is 0 Å². The quantitative estimate of drug-likeness (QED) is 0.544. The Labute approximate surface area is 205 Å². The summed E-state index contributed by atoms with van der Waals surface area (Å²) in [6.07, 6.45) is 2.98. The van der Waals surface area contributed by atoms with Crippen molar-refractivity contribution in [3.8, 4) is 11.5 Å². The molecule has 1 fully saturated rings. The SMILES string of the molecule is O=C(Nc1ccc(N2CCCN(CC(O)Cc3ccccc3)CC2)nc1)c1ccc2c(c1)OCO2. The molecule has 2 aliphatic rings. The first kappa shape index (κ1) is 23.1. The number of carbonyl (C=O) groups is 1. The van der Waals surface area contributed by atoms with Gasteiger partial charge < -0.3 is 24.8 Å². The van der Waals surface area contributed by atoms with Crippen LogP contribution in [0.2, 0.25) is 0 Å². The Kier molecular flexibility index (Phi) is 7.11. The van der Waals surface area contributed by atoms with Gasteiger partial charge in [0.2, 0.25) is 6.79 Å². The van der Waals surface area contributed by atoms with E-state index >= 15 is 0 Å². The van der Waals surface area contributed by atoms with Gasteiger partial charge in [-0.2, -0.15) is 0 Å². The fourth-order valence-electron chi connectivity index (χ4n) is 4.52. The molecule has 2 aromatic carbocycles. The lowest BCUT2D eigenvalue weighted by Gasteiger charge is -2.24. The fraction of sp³-hybridized carbons (Fsp3) is 0.333. The molecule has 5 rings (SSSR count). The number of hydrogen-bond acceptors (Lipinski definition) is 7. The van der Waals surface area contributed by atoms with Gasteiger partial charge in [-0.3, -0.25) is 9.69 Å². The van der Waals surface area contributed by atoms with Crippen molar-refractivity contribution in [2.45, 2.75) is 18.9 Å². The highest BCUT2D eigenvalue weighted by Gasteiger charge is 2.19. The number of nitrogens with zero attached hydrogens (tertiary/aromatic N) is 3. The van der Waals surface area contributed by atoms with Crippen LogP contribution in [0.15, 0.2) is 66.9 Å². The van der Waals surface area contributed by atoms with E-state index in [1.165, 1.54) is 0 Å². The molecule has 0 aliphatic carbocycles. The summed E-state index contributed by atoms with van der Waals surface area (Å²) in [6.45, 7) is 4.41. The van der Waals surface area contributed by atoms with Crippen molar-refractivity contribution in [2.75, 3.05) is 49.7 Å². The van der Waals surface area contributed by atoms with Crippen LogP contribution >= 0.6 is 0 Å². The first-order valence-electron chi connectivity index (χ1n) is 12.0. The summed E-state index contributed by atoms with van der Waals surface area (Å²) < 4.78 is 10.6. The molecule has 0 saturated carbocycles. The van der Waals surface area contributed by atoms with Crippen molar-refractivity contribution in [3.63, 3.8) is 0 Å². The van der Waals surface area contributed by atoms with Crippen molar-refractivity contribution in [1.82, 2.24) is 9.88 Å². The van der Waals surface area contributed by atoms with Crippen LogP contribution in [-0.4, -0.2) is 66.5 Å². The van der Waals surface area contributed by atoms with Crippen LogP contribution in [0.5, 0.6) is 11.5 Å². The van der Waals surface area contributed by atoms with E-state index in [0.717, 1.165) is 44.0 Å². The number of aliphatic hydroxyl groups is 1. The summed E-state index contributed by atoms with van der Waals surface area (Å²) in [5, 5.41) is 13.4. The van der Waals surface area contributed by atoms with E-state index in [1.54, 1.807) is 24.4 Å². The number of benzene rings is 2. The third kappa shape index (κ3) is 5.90. The molecule has 35 heavy (non-hydrogen) atoms. The number of amides is 1. The third-order valence-corrected chi connectivity index (χ3v) is 6.34.